The zero-order valence-corrected chi connectivity index (χ0v) is 19.2. The molecular weight excluding hydrogens is 434 g/mol. The Morgan fingerprint density at radius 3 is 2.42 bits per heavy atom. The zero-order valence-electron chi connectivity index (χ0n) is 18.4. The van der Waals surface area contributed by atoms with Gasteiger partial charge in [-0.05, 0) is 17.4 Å². The number of amides is 3. The van der Waals surface area contributed by atoms with Gasteiger partial charge in [-0.2, -0.15) is 0 Å². The second-order valence-electron chi connectivity index (χ2n) is 7.76. The number of nitrogens with one attached hydrogen (secondary N) is 3. The van der Waals surface area contributed by atoms with Crippen molar-refractivity contribution >= 4 is 44.9 Å². The third-order valence-corrected chi connectivity index (χ3v) is 6.38. The van der Waals surface area contributed by atoms with Gasteiger partial charge >= 0.3 is 6.03 Å². The number of hydrogen-bond acceptors (Lipinski definition) is 5. The van der Waals surface area contributed by atoms with Crippen LogP contribution < -0.4 is 16.0 Å². The number of aromatic nitrogens is 2. The first kappa shape index (κ1) is 22.4. The minimum atomic E-state index is -0.728. The molecule has 0 radical (unpaired) electrons. The molecule has 8 heteroatoms. The van der Waals surface area contributed by atoms with Crippen LogP contribution in [0.1, 0.15) is 20.3 Å². The quantitative estimate of drug-likeness (QED) is 0.338. The fourth-order valence-electron chi connectivity index (χ4n) is 3.49. The molecule has 0 bridgehead atoms. The van der Waals surface area contributed by atoms with Crippen LogP contribution in [-0.2, 0) is 4.79 Å². The average Bonchev–Trinajstić information content (AvgIpc) is 3.31. The summed E-state index contributed by atoms with van der Waals surface area (Å²) in [5.41, 5.74) is 1.62. The molecule has 0 aliphatic carbocycles. The summed E-state index contributed by atoms with van der Waals surface area (Å²) in [7, 11) is 0. The molecule has 3 N–H and O–H groups in total. The molecule has 4 rings (SSSR count). The van der Waals surface area contributed by atoms with Gasteiger partial charge in [-0.15, -0.1) is 10.2 Å². The van der Waals surface area contributed by atoms with E-state index in [1.807, 2.05) is 86.6 Å². The van der Waals surface area contributed by atoms with Gasteiger partial charge in [0.2, 0.25) is 11.0 Å². The minimum Gasteiger partial charge on any atom is -0.326 e. The lowest BCUT2D eigenvalue weighted by atomic mass is 9.98. The summed E-state index contributed by atoms with van der Waals surface area (Å²) in [6.07, 6.45) is 0.720. The van der Waals surface area contributed by atoms with Gasteiger partial charge in [0.25, 0.3) is 0 Å². The van der Waals surface area contributed by atoms with E-state index in [-0.39, 0.29) is 11.8 Å². The molecule has 1 aromatic heterocycles. The Morgan fingerprint density at radius 1 is 0.909 bits per heavy atom. The van der Waals surface area contributed by atoms with Crippen LogP contribution in [0, 0.1) is 5.92 Å². The Kier molecular flexibility index (Phi) is 6.95. The van der Waals surface area contributed by atoms with Gasteiger partial charge in [-0.1, -0.05) is 98.3 Å². The standard InChI is InChI=1S/C25H25N5O2S/c1-3-16(2)21(22(31)28-25-30-29-23(33-25)18-11-5-4-6-12-18)27-24(32)26-20-15-9-13-17-10-7-8-14-19(17)20/h4-16,21H,3H2,1-2H3,(H2,26,27,32)(H,28,30,31)/t16-,21+/m1/s1. The molecule has 3 amide bonds. The van der Waals surface area contributed by atoms with Gasteiger partial charge in [-0.25, -0.2) is 4.79 Å². The maximum atomic E-state index is 13.0. The molecule has 0 saturated carbocycles. The number of anilines is 2. The molecular formula is C25H25N5O2S. The van der Waals surface area contributed by atoms with E-state index < -0.39 is 12.1 Å². The highest BCUT2D eigenvalue weighted by atomic mass is 32.1. The van der Waals surface area contributed by atoms with Crippen molar-refractivity contribution in [3.05, 3.63) is 72.8 Å². The highest BCUT2D eigenvalue weighted by Crippen LogP contribution is 2.26. The van der Waals surface area contributed by atoms with Gasteiger partial charge in [0, 0.05) is 10.9 Å². The number of benzene rings is 3. The maximum absolute atomic E-state index is 13.0. The predicted molar refractivity (Wildman–Crippen MR) is 133 cm³/mol. The molecule has 0 spiro atoms. The summed E-state index contributed by atoms with van der Waals surface area (Å²) in [5.74, 6) is -0.405. The molecule has 0 saturated heterocycles. The second-order valence-corrected chi connectivity index (χ2v) is 8.73. The SMILES string of the molecule is CC[C@@H](C)[C@H](NC(=O)Nc1cccc2ccccc12)C(=O)Nc1nnc(-c2ccccc2)s1. The minimum absolute atomic E-state index is 0.0789. The van der Waals surface area contributed by atoms with Crippen LogP contribution >= 0.6 is 11.3 Å². The van der Waals surface area contributed by atoms with Gasteiger partial charge in [-0.3, -0.25) is 10.1 Å². The Hall–Kier alpha value is -3.78. The Balaban J connectivity index is 1.46. The number of hydrogen-bond donors (Lipinski definition) is 3. The molecule has 2 atom stereocenters. The molecule has 0 fully saturated rings. The van der Waals surface area contributed by atoms with E-state index in [0.717, 1.165) is 22.8 Å². The number of carbonyl (C=O) groups is 2. The van der Waals surface area contributed by atoms with E-state index in [1.165, 1.54) is 11.3 Å². The molecule has 0 aliphatic heterocycles. The van der Waals surface area contributed by atoms with Gasteiger partial charge in [0.05, 0.1) is 5.69 Å². The topological polar surface area (TPSA) is 96.0 Å². The number of carbonyl (C=O) groups excluding carboxylic acids is 2. The van der Waals surface area contributed by atoms with Crippen LogP contribution in [0.25, 0.3) is 21.3 Å². The maximum Gasteiger partial charge on any atom is 0.319 e. The molecule has 33 heavy (non-hydrogen) atoms. The lowest BCUT2D eigenvalue weighted by Crippen LogP contribution is -2.49. The molecule has 7 nitrogen and oxygen atoms in total. The van der Waals surface area contributed by atoms with Crippen molar-refractivity contribution in [3.8, 4) is 10.6 Å². The highest BCUT2D eigenvalue weighted by molar-refractivity contribution is 7.18. The first-order chi connectivity index (χ1) is 16.0. The van der Waals surface area contributed by atoms with E-state index in [0.29, 0.717) is 15.8 Å². The van der Waals surface area contributed by atoms with Crippen molar-refractivity contribution in [3.63, 3.8) is 0 Å². The summed E-state index contributed by atoms with van der Waals surface area (Å²) in [6.45, 7) is 3.91. The summed E-state index contributed by atoms with van der Waals surface area (Å²) in [5, 5.41) is 19.8. The largest absolute Gasteiger partial charge is 0.326 e. The lowest BCUT2D eigenvalue weighted by Gasteiger charge is -2.23. The second kappa shape index (κ2) is 10.2. The van der Waals surface area contributed by atoms with E-state index in [2.05, 4.69) is 26.1 Å². The fraction of sp³-hybridized carbons (Fsp3) is 0.200. The predicted octanol–water partition coefficient (Wildman–Crippen LogP) is 5.53. The van der Waals surface area contributed by atoms with Crippen LogP contribution in [-0.4, -0.2) is 28.2 Å². The van der Waals surface area contributed by atoms with Gasteiger partial charge in [0.15, 0.2) is 0 Å². The first-order valence-corrected chi connectivity index (χ1v) is 11.6. The Labute approximate surface area is 196 Å². The van der Waals surface area contributed by atoms with Gasteiger partial charge in [0.1, 0.15) is 11.0 Å². The van der Waals surface area contributed by atoms with Crippen LogP contribution in [0.3, 0.4) is 0 Å². The fourth-order valence-corrected chi connectivity index (χ4v) is 4.24. The normalized spacial score (nSPS) is 12.7. The van der Waals surface area contributed by atoms with Crippen molar-refractivity contribution < 1.29 is 9.59 Å². The van der Waals surface area contributed by atoms with Gasteiger partial charge < -0.3 is 10.6 Å². The van der Waals surface area contributed by atoms with Crippen LogP contribution in [0.2, 0.25) is 0 Å². The van der Waals surface area contributed by atoms with Crippen molar-refractivity contribution in [2.45, 2.75) is 26.3 Å². The van der Waals surface area contributed by atoms with Crippen LogP contribution in [0.4, 0.5) is 15.6 Å². The van der Waals surface area contributed by atoms with E-state index in [4.69, 9.17) is 0 Å². The highest BCUT2D eigenvalue weighted by Gasteiger charge is 2.27. The summed E-state index contributed by atoms with van der Waals surface area (Å²) in [4.78, 5) is 25.8. The smallest absolute Gasteiger partial charge is 0.319 e. The van der Waals surface area contributed by atoms with Crippen molar-refractivity contribution in [1.82, 2.24) is 15.5 Å². The van der Waals surface area contributed by atoms with E-state index in [9.17, 15) is 9.59 Å². The third-order valence-electron chi connectivity index (χ3n) is 5.50. The molecule has 0 aliphatic rings. The van der Waals surface area contributed by atoms with Crippen LogP contribution in [0.5, 0.6) is 0 Å². The van der Waals surface area contributed by atoms with E-state index in [1.54, 1.807) is 0 Å². The van der Waals surface area contributed by atoms with Crippen LogP contribution in [0.15, 0.2) is 72.8 Å². The molecule has 3 aromatic carbocycles. The Bertz CT molecular complexity index is 1250. The Morgan fingerprint density at radius 2 is 1.64 bits per heavy atom. The zero-order chi connectivity index (χ0) is 23.2. The molecule has 1 heterocycles. The molecule has 4 aromatic rings. The number of fused-ring (bicyclic) bond motifs is 1. The summed E-state index contributed by atoms with van der Waals surface area (Å²) in [6, 6.07) is 22.0. The monoisotopic (exact) mass is 459 g/mol. The number of urea groups is 1. The number of rotatable bonds is 7. The molecule has 168 valence electrons. The van der Waals surface area contributed by atoms with Crippen molar-refractivity contribution in [1.29, 1.82) is 0 Å². The van der Waals surface area contributed by atoms with E-state index >= 15 is 0 Å². The summed E-state index contributed by atoms with van der Waals surface area (Å²) < 4.78 is 0. The van der Waals surface area contributed by atoms with Crippen molar-refractivity contribution in [2.75, 3.05) is 10.6 Å². The average molecular weight is 460 g/mol. The first-order valence-electron chi connectivity index (χ1n) is 10.8. The third kappa shape index (κ3) is 5.35. The summed E-state index contributed by atoms with van der Waals surface area (Å²) >= 11 is 1.29. The lowest BCUT2D eigenvalue weighted by molar-refractivity contribution is -0.119. The molecule has 0 unspecified atom stereocenters. The number of nitrogens with zero attached hydrogens (tertiary/aromatic N) is 2. The van der Waals surface area contributed by atoms with Crippen molar-refractivity contribution in [2.24, 2.45) is 5.92 Å².